The number of aliphatic hydroxyl groups excluding tert-OH is 1. The van der Waals surface area contributed by atoms with Crippen molar-refractivity contribution in [3.05, 3.63) is 35.1 Å². The molecule has 0 unspecified atom stereocenters. The zero-order chi connectivity index (χ0) is 15.2. The Balaban J connectivity index is 2.10. The second-order valence-electron chi connectivity index (χ2n) is 4.71. The number of hydrogen-bond acceptors (Lipinski definition) is 4. The first-order chi connectivity index (χ1) is 10.1. The molecule has 1 aromatic rings. The van der Waals surface area contributed by atoms with E-state index >= 15 is 0 Å². The summed E-state index contributed by atoms with van der Waals surface area (Å²) in [7, 11) is 0. The normalized spacial score (nSPS) is 15.3. The highest BCUT2D eigenvalue weighted by atomic mass is 19.1. The number of rotatable bonds is 3. The van der Waals surface area contributed by atoms with E-state index in [0.29, 0.717) is 6.54 Å². The Morgan fingerprint density at radius 1 is 1.29 bits per heavy atom. The third kappa shape index (κ3) is 4.38. The number of carbonyl (C=O) groups is 2. The molecule has 1 aliphatic rings. The molecular weight excluding hydrogens is 275 g/mol. The van der Waals surface area contributed by atoms with Gasteiger partial charge in [-0.15, -0.1) is 0 Å². The van der Waals surface area contributed by atoms with Crippen LogP contribution in [0, 0.1) is 17.7 Å². The maximum Gasteiger partial charge on any atom is 0.240 e. The molecule has 0 aliphatic carbocycles. The van der Waals surface area contributed by atoms with Crippen molar-refractivity contribution in [3.8, 4) is 11.8 Å². The molecule has 1 aliphatic heterocycles. The van der Waals surface area contributed by atoms with Crippen LogP contribution in [-0.4, -0.2) is 41.5 Å². The Kier molecular flexibility index (Phi) is 5.04. The van der Waals surface area contributed by atoms with E-state index in [-0.39, 0.29) is 43.5 Å². The van der Waals surface area contributed by atoms with Gasteiger partial charge in [-0.3, -0.25) is 19.8 Å². The van der Waals surface area contributed by atoms with Gasteiger partial charge in [0.1, 0.15) is 5.82 Å². The summed E-state index contributed by atoms with van der Waals surface area (Å²) >= 11 is 0. The van der Waals surface area contributed by atoms with E-state index in [2.05, 4.69) is 17.2 Å². The van der Waals surface area contributed by atoms with Gasteiger partial charge in [0.25, 0.3) is 0 Å². The van der Waals surface area contributed by atoms with E-state index in [1.165, 1.54) is 6.07 Å². The SMILES string of the molecule is O=C1CN(Cc2ccc(F)c(C#CCCO)c2)CC(=O)N1. The fourth-order valence-corrected chi connectivity index (χ4v) is 2.05. The van der Waals surface area contributed by atoms with Crippen LogP contribution in [0.3, 0.4) is 0 Å². The lowest BCUT2D eigenvalue weighted by molar-refractivity contribution is -0.136. The third-order valence-electron chi connectivity index (χ3n) is 2.91. The highest BCUT2D eigenvalue weighted by Crippen LogP contribution is 2.12. The van der Waals surface area contributed by atoms with Crippen molar-refractivity contribution < 1.29 is 19.1 Å². The van der Waals surface area contributed by atoms with Gasteiger partial charge in [-0.25, -0.2) is 4.39 Å². The van der Waals surface area contributed by atoms with Crippen molar-refractivity contribution in [1.82, 2.24) is 10.2 Å². The Morgan fingerprint density at radius 3 is 2.67 bits per heavy atom. The molecule has 2 amide bonds. The molecule has 110 valence electrons. The van der Waals surface area contributed by atoms with E-state index in [1.807, 2.05) is 0 Å². The zero-order valence-corrected chi connectivity index (χ0v) is 11.4. The van der Waals surface area contributed by atoms with Crippen molar-refractivity contribution in [2.45, 2.75) is 13.0 Å². The van der Waals surface area contributed by atoms with Crippen LogP contribution in [0.2, 0.25) is 0 Å². The van der Waals surface area contributed by atoms with Gasteiger partial charge in [-0.1, -0.05) is 17.9 Å². The molecule has 1 saturated heterocycles. The van der Waals surface area contributed by atoms with Gasteiger partial charge in [0.05, 0.1) is 25.3 Å². The summed E-state index contributed by atoms with van der Waals surface area (Å²) in [6.07, 6.45) is 0.282. The largest absolute Gasteiger partial charge is 0.395 e. The second kappa shape index (κ2) is 6.97. The zero-order valence-electron chi connectivity index (χ0n) is 11.4. The topological polar surface area (TPSA) is 69.6 Å². The van der Waals surface area contributed by atoms with E-state index in [0.717, 1.165) is 5.56 Å². The maximum atomic E-state index is 13.6. The second-order valence-corrected chi connectivity index (χ2v) is 4.71. The van der Waals surface area contributed by atoms with Crippen LogP contribution in [0.5, 0.6) is 0 Å². The van der Waals surface area contributed by atoms with Crippen molar-refractivity contribution in [2.75, 3.05) is 19.7 Å². The molecule has 0 radical (unpaired) electrons. The van der Waals surface area contributed by atoms with Gasteiger partial charge in [0.2, 0.25) is 11.8 Å². The molecule has 1 heterocycles. The molecule has 0 bridgehead atoms. The lowest BCUT2D eigenvalue weighted by atomic mass is 10.1. The first-order valence-corrected chi connectivity index (χ1v) is 6.51. The third-order valence-corrected chi connectivity index (χ3v) is 2.91. The van der Waals surface area contributed by atoms with E-state index in [1.54, 1.807) is 17.0 Å². The molecular formula is C15H15FN2O3. The minimum absolute atomic E-state index is 0.0701. The van der Waals surface area contributed by atoms with Gasteiger partial charge in [-0.2, -0.15) is 0 Å². The number of benzene rings is 1. The summed E-state index contributed by atoms with van der Waals surface area (Å²) in [6.45, 7) is 0.566. The Hall–Kier alpha value is -2.23. The molecule has 1 fully saturated rings. The van der Waals surface area contributed by atoms with Crippen LogP contribution in [0.4, 0.5) is 4.39 Å². The fourth-order valence-electron chi connectivity index (χ4n) is 2.05. The number of amides is 2. The van der Waals surface area contributed by atoms with Crippen LogP contribution < -0.4 is 5.32 Å². The van der Waals surface area contributed by atoms with Gasteiger partial charge in [0.15, 0.2) is 0 Å². The summed E-state index contributed by atoms with van der Waals surface area (Å²) in [5, 5.41) is 10.9. The van der Waals surface area contributed by atoms with E-state index in [4.69, 9.17) is 5.11 Å². The quantitative estimate of drug-likeness (QED) is 0.608. The van der Waals surface area contributed by atoms with Crippen molar-refractivity contribution in [2.24, 2.45) is 0 Å². The molecule has 0 spiro atoms. The lowest BCUT2D eigenvalue weighted by Crippen LogP contribution is -2.50. The summed E-state index contributed by atoms with van der Waals surface area (Å²) < 4.78 is 13.6. The minimum Gasteiger partial charge on any atom is -0.395 e. The molecule has 2 rings (SSSR count). The average molecular weight is 290 g/mol. The number of nitrogens with zero attached hydrogens (tertiary/aromatic N) is 1. The fraction of sp³-hybridized carbons (Fsp3) is 0.333. The van der Waals surface area contributed by atoms with Gasteiger partial charge in [-0.05, 0) is 17.7 Å². The van der Waals surface area contributed by atoms with Crippen LogP contribution in [0.1, 0.15) is 17.5 Å². The van der Waals surface area contributed by atoms with Crippen molar-refractivity contribution >= 4 is 11.8 Å². The van der Waals surface area contributed by atoms with Crippen LogP contribution >= 0.6 is 0 Å². The summed E-state index contributed by atoms with van der Waals surface area (Å²) in [4.78, 5) is 24.3. The molecule has 2 N–H and O–H groups in total. The highest BCUT2D eigenvalue weighted by molar-refractivity contribution is 5.99. The number of hydrogen-bond donors (Lipinski definition) is 2. The monoisotopic (exact) mass is 290 g/mol. The summed E-state index contributed by atoms with van der Waals surface area (Å²) in [5.41, 5.74) is 1.01. The molecule has 0 saturated carbocycles. The number of carbonyl (C=O) groups excluding carboxylic acids is 2. The maximum absolute atomic E-state index is 13.6. The molecule has 21 heavy (non-hydrogen) atoms. The molecule has 0 aromatic heterocycles. The molecule has 1 aromatic carbocycles. The lowest BCUT2D eigenvalue weighted by Gasteiger charge is -2.25. The molecule has 5 nitrogen and oxygen atoms in total. The standard InChI is InChI=1S/C15H15FN2O3/c16-13-5-4-11(7-12(13)3-1-2-6-19)8-18-9-14(20)17-15(21)10-18/h4-5,7,19H,2,6,8-10H2,(H,17,20,21). The summed E-state index contributed by atoms with van der Waals surface area (Å²) in [5.74, 6) is 4.22. The molecule has 0 atom stereocenters. The predicted molar refractivity (Wildman–Crippen MR) is 73.4 cm³/mol. The number of nitrogens with one attached hydrogen (secondary N) is 1. The van der Waals surface area contributed by atoms with Crippen LogP contribution in [0.25, 0.3) is 0 Å². The van der Waals surface area contributed by atoms with Gasteiger partial charge >= 0.3 is 0 Å². The average Bonchev–Trinajstić information content (AvgIpc) is 2.41. The highest BCUT2D eigenvalue weighted by Gasteiger charge is 2.22. The Morgan fingerprint density at radius 2 is 2.00 bits per heavy atom. The summed E-state index contributed by atoms with van der Waals surface area (Å²) in [6, 6.07) is 4.50. The van der Waals surface area contributed by atoms with Crippen molar-refractivity contribution in [1.29, 1.82) is 0 Å². The van der Waals surface area contributed by atoms with Crippen LogP contribution in [-0.2, 0) is 16.1 Å². The number of imide groups is 1. The smallest absolute Gasteiger partial charge is 0.240 e. The van der Waals surface area contributed by atoms with E-state index in [9.17, 15) is 14.0 Å². The number of piperazine rings is 1. The first-order valence-electron chi connectivity index (χ1n) is 6.51. The minimum atomic E-state index is -0.434. The predicted octanol–water partition coefficient (Wildman–Crippen LogP) is 0.0180. The first kappa shape index (κ1) is 15.2. The van der Waals surface area contributed by atoms with E-state index < -0.39 is 5.82 Å². The van der Waals surface area contributed by atoms with Gasteiger partial charge in [0, 0.05) is 13.0 Å². The van der Waals surface area contributed by atoms with Crippen LogP contribution in [0.15, 0.2) is 18.2 Å². The number of aliphatic hydroxyl groups is 1. The molecule has 6 heteroatoms. The van der Waals surface area contributed by atoms with Gasteiger partial charge < -0.3 is 5.11 Å². The Bertz CT molecular complexity index is 603. The number of halogens is 1. The van der Waals surface area contributed by atoms with Crippen molar-refractivity contribution in [3.63, 3.8) is 0 Å². The Labute approximate surface area is 121 Å².